The number of hydrogen-bond donors (Lipinski definition) is 1. The number of hydrogen-bond acceptors (Lipinski definition) is 3. The maximum Gasteiger partial charge on any atom is 0.255 e. The predicted molar refractivity (Wildman–Crippen MR) is 123 cm³/mol. The first-order chi connectivity index (χ1) is 14.9. The smallest absolute Gasteiger partial charge is 0.255 e. The number of amides is 1. The molecule has 0 bridgehead atoms. The van der Waals surface area contributed by atoms with Crippen LogP contribution in [0, 0.1) is 0 Å². The molecule has 2 aliphatic rings. The third kappa shape index (κ3) is 3.54. The van der Waals surface area contributed by atoms with E-state index in [1.165, 1.54) is 16.5 Å². The van der Waals surface area contributed by atoms with Gasteiger partial charge in [-0.25, -0.2) is 8.42 Å². The molecule has 1 aliphatic carbocycles. The number of piperidine rings is 1. The van der Waals surface area contributed by atoms with Crippen molar-refractivity contribution in [3.05, 3.63) is 71.3 Å². The first-order valence-corrected chi connectivity index (χ1v) is 12.4. The van der Waals surface area contributed by atoms with Gasteiger partial charge in [0.15, 0.2) is 0 Å². The number of anilines is 1. The van der Waals surface area contributed by atoms with Crippen LogP contribution in [0.3, 0.4) is 0 Å². The summed E-state index contributed by atoms with van der Waals surface area (Å²) in [4.78, 5) is 13.1. The van der Waals surface area contributed by atoms with Crippen LogP contribution in [-0.2, 0) is 22.9 Å². The van der Waals surface area contributed by atoms with Gasteiger partial charge in [0.1, 0.15) is 0 Å². The molecule has 31 heavy (non-hydrogen) atoms. The molecule has 1 heterocycles. The second-order valence-corrected chi connectivity index (χ2v) is 10.4. The normalized spacial score (nSPS) is 18.9. The standard InChI is InChI=1S/C25H26N2O3S/c1-17-5-2-3-16-27(17)31(29,30)21-13-10-20(11-14-21)25(28)26-23-15-12-19-9-8-18-6-4-7-22(23)24(18)19/h4,6-7,10-15,17H,2-3,5,8-9,16H2,1H3,(H,26,28). The number of sulfonamides is 1. The van der Waals surface area contributed by atoms with E-state index < -0.39 is 10.0 Å². The first-order valence-electron chi connectivity index (χ1n) is 10.9. The summed E-state index contributed by atoms with van der Waals surface area (Å²) < 4.78 is 27.6. The third-order valence-electron chi connectivity index (χ3n) is 6.59. The van der Waals surface area contributed by atoms with E-state index in [9.17, 15) is 13.2 Å². The van der Waals surface area contributed by atoms with Crippen LogP contribution in [0.15, 0.2) is 59.5 Å². The highest BCUT2D eigenvalue weighted by atomic mass is 32.2. The fraction of sp³-hybridized carbons (Fsp3) is 0.320. The molecular weight excluding hydrogens is 408 g/mol. The van der Waals surface area contributed by atoms with Gasteiger partial charge in [0.2, 0.25) is 10.0 Å². The molecule has 5 nitrogen and oxygen atoms in total. The van der Waals surface area contributed by atoms with Gasteiger partial charge in [-0.05, 0) is 79.5 Å². The Balaban J connectivity index is 1.39. The zero-order valence-corrected chi connectivity index (χ0v) is 18.4. The molecule has 1 fully saturated rings. The van der Waals surface area contributed by atoms with Crippen LogP contribution < -0.4 is 5.32 Å². The lowest BCUT2D eigenvalue weighted by atomic mass is 10.0. The van der Waals surface area contributed by atoms with Crippen molar-refractivity contribution >= 4 is 32.4 Å². The Bertz CT molecular complexity index is 1260. The lowest BCUT2D eigenvalue weighted by Gasteiger charge is -2.32. The van der Waals surface area contributed by atoms with E-state index in [-0.39, 0.29) is 16.8 Å². The molecule has 3 aromatic carbocycles. The Morgan fingerprint density at radius 3 is 2.45 bits per heavy atom. The summed E-state index contributed by atoms with van der Waals surface area (Å²) in [6.45, 7) is 2.51. The minimum atomic E-state index is -3.54. The summed E-state index contributed by atoms with van der Waals surface area (Å²) in [6, 6.07) is 16.5. The highest BCUT2D eigenvalue weighted by Crippen LogP contribution is 2.35. The van der Waals surface area contributed by atoms with Crippen molar-refractivity contribution in [3.8, 4) is 0 Å². The molecule has 160 valence electrons. The van der Waals surface area contributed by atoms with E-state index in [2.05, 4.69) is 17.4 Å². The van der Waals surface area contributed by atoms with Crippen LogP contribution >= 0.6 is 0 Å². The summed E-state index contributed by atoms with van der Waals surface area (Å²) in [5.41, 5.74) is 3.87. The van der Waals surface area contributed by atoms with Gasteiger partial charge in [-0.1, -0.05) is 30.7 Å². The average molecular weight is 435 g/mol. The lowest BCUT2D eigenvalue weighted by molar-refractivity contribution is 0.102. The van der Waals surface area contributed by atoms with Crippen molar-refractivity contribution in [2.75, 3.05) is 11.9 Å². The molecule has 1 saturated heterocycles. The largest absolute Gasteiger partial charge is 0.321 e. The third-order valence-corrected chi connectivity index (χ3v) is 8.62. The molecule has 0 spiro atoms. The zero-order valence-electron chi connectivity index (χ0n) is 17.6. The van der Waals surface area contributed by atoms with Crippen molar-refractivity contribution in [2.45, 2.75) is 50.0 Å². The van der Waals surface area contributed by atoms with Crippen molar-refractivity contribution in [3.63, 3.8) is 0 Å². The number of nitrogens with zero attached hydrogens (tertiary/aromatic N) is 1. The van der Waals surface area contributed by atoms with Crippen molar-refractivity contribution in [1.29, 1.82) is 0 Å². The highest BCUT2D eigenvalue weighted by molar-refractivity contribution is 7.89. The maximum absolute atomic E-state index is 13.0. The highest BCUT2D eigenvalue weighted by Gasteiger charge is 2.31. The van der Waals surface area contributed by atoms with Gasteiger partial charge in [-0.3, -0.25) is 4.79 Å². The van der Waals surface area contributed by atoms with Gasteiger partial charge in [0.05, 0.1) is 4.90 Å². The van der Waals surface area contributed by atoms with E-state index in [0.717, 1.165) is 43.2 Å². The molecule has 0 saturated carbocycles. The van der Waals surface area contributed by atoms with Crippen LogP contribution in [0.25, 0.3) is 10.8 Å². The minimum Gasteiger partial charge on any atom is -0.321 e. The van der Waals surface area contributed by atoms with E-state index in [0.29, 0.717) is 12.1 Å². The Labute approximate surface area is 183 Å². The van der Waals surface area contributed by atoms with Gasteiger partial charge >= 0.3 is 0 Å². The topological polar surface area (TPSA) is 66.5 Å². The number of aryl methyl sites for hydroxylation is 2. The average Bonchev–Trinajstić information content (AvgIpc) is 3.20. The summed E-state index contributed by atoms with van der Waals surface area (Å²) in [5, 5.41) is 5.32. The molecule has 6 heteroatoms. The number of rotatable bonds is 4. The van der Waals surface area contributed by atoms with Gasteiger partial charge in [0.25, 0.3) is 5.91 Å². The number of carbonyl (C=O) groups excluding carboxylic acids is 1. The number of benzene rings is 3. The van der Waals surface area contributed by atoms with Crippen LogP contribution in [-0.4, -0.2) is 31.2 Å². The Kier molecular flexibility index (Phi) is 5.07. The van der Waals surface area contributed by atoms with Crippen LogP contribution in [0.5, 0.6) is 0 Å². The molecule has 0 aromatic heterocycles. The van der Waals surface area contributed by atoms with Crippen LogP contribution in [0.4, 0.5) is 5.69 Å². The van der Waals surface area contributed by atoms with Gasteiger partial charge in [0, 0.05) is 29.2 Å². The van der Waals surface area contributed by atoms with E-state index >= 15 is 0 Å². The molecule has 3 aromatic rings. The maximum atomic E-state index is 13.0. The van der Waals surface area contributed by atoms with Crippen LogP contribution in [0.1, 0.15) is 47.7 Å². The van der Waals surface area contributed by atoms with Crippen LogP contribution in [0.2, 0.25) is 0 Å². The minimum absolute atomic E-state index is 0.00510. The summed E-state index contributed by atoms with van der Waals surface area (Å²) >= 11 is 0. The second kappa shape index (κ2) is 7.77. The van der Waals surface area contributed by atoms with Gasteiger partial charge < -0.3 is 5.32 Å². The first kappa shape index (κ1) is 20.2. The van der Waals surface area contributed by atoms with Gasteiger partial charge in [-0.15, -0.1) is 0 Å². The summed E-state index contributed by atoms with van der Waals surface area (Å²) in [6.07, 6.45) is 4.90. The molecule has 0 radical (unpaired) electrons. The van der Waals surface area contributed by atoms with E-state index in [1.54, 1.807) is 28.6 Å². The number of carbonyl (C=O) groups is 1. The Hall–Kier alpha value is -2.70. The van der Waals surface area contributed by atoms with Crippen molar-refractivity contribution in [2.24, 2.45) is 0 Å². The Morgan fingerprint density at radius 2 is 1.71 bits per heavy atom. The quantitative estimate of drug-likeness (QED) is 0.644. The Morgan fingerprint density at radius 1 is 0.968 bits per heavy atom. The predicted octanol–water partition coefficient (Wildman–Crippen LogP) is 4.75. The summed E-state index contributed by atoms with van der Waals surface area (Å²) in [7, 11) is -3.54. The molecule has 1 N–H and O–H groups in total. The van der Waals surface area contributed by atoms with E-state index in [4.69, 9.17) is 0 Å². The monoisotopic (exact) mass is 434 g/mol. The molecule has 1 amide bonds. The zero-order chi connectivity index (χ0) is 21.6. The SMILES string of the molecule is CC1CCCCN1S(=O)(=O)c1ccc(C(=O)Nc2ccc3c4c(cccc24)CC3)cc1. The molecule has 1 unspecified atom stereocenters. The van der Waals surface area contributed by atoms with E-state index in [1.807, 2.05) is 25.1 Å². The fourth-order valence-electron chi connectivity index (χ4n) is 4.89. The van der Waals surface area contributed by atoms with Crippen molar-refractivity contribution in [1.82, 2.24) is 4.31 Å². The van der Waals surface area contributed by atoms with Gasteiger partial charge in [-0.2, -0.15) is 4.31 Å². The molecular formula is C25H26N2O3S. The second-order valence-electron chi connectivity index (χ2n) is 8.55. The summed E-state index contributed by atoms with van der Waals surface area (Å²) in [5.74, 6) is -0.242. The lowest BCUT2D eigenvalue weighted by Crippen LogP contribution is -2.41. The number of nitrogens with one attached hydrogen (secondary N) is 1. The molecule has 1 atom stereocenters. The molecule has 1 aliphatic heterocycles. The fourth-order valence-corrected chi connectivity index (χ4v) is 6.59. The van der Waals surface area contributed by atoms with Crippen molar-refractivity contribution < 1.29 is 13.2 Å². The molecule has 5 rings (SSSR count).